The maximum atomic E-state index is 13.2. The van der Waals surface area contributed by atoms with Crippen LogP contribution in [0.4, 0.5) is 8.78 Å². The lowest BCUT2D eigenvalue weighted by Gasteiger charge is -2.14. The summed E-state index contributed by atoms with van der Waals surface area (Å²) in [5.41, 5.74) is 1.54. The summed E-state index contributed by atoms with van der Waals surface area (Å²) in [4.78, 5) is 12.8. The molecule has 0 aliphatic rings. The molecule has 170 valence electrons. The predicted molar refractivity (Wildman–Crippen MR) is 119 cm³/mol. The van der Waals surface area contributed by atoms with Gasteiger partial charge in [0.1, 0.15) is 47.7 Å². The molecule has 1 unspecified atom stereocenters. The fourth-order valence-corrected chi connectivity index (χ4v) is 3.39. The molecule has 3 N–H and O–H groups in total. The topological polar surface area (TPSA) is 91.9 Å². The molecule has 0 bridgehead atoms. The van der Waals surface area contributed by atoms with Crippen molar-refractivity contribution in [3.8, 4) is 22.6 Å². The number of rotatable bonds is 8. The lowest BCUT2D eigenvalue weighted by molar-refractivity contribution is 0.106. The minimum absolute atomic E-state index is 0.0359. The second kappa shape index (κ2) is 9.81. The minimum atomic E-state index is -0.872. The second-order valence-electron chi connectivity index (χ2n) is 7.56. The fraction of sp³-hybridized carbons (Fsp3) is 0.160. The van der Waals surface area contributed by atoms with E-state index in [0.29, 0.717) is 33.4 Å². The Morgan fingerprint density at radius 1 is 1.00 bits per heavy atom. The van der Waals surface area contributed by atoms with E-state index in [9.17, 15) is 23.8 Å². The van der Waals surface area contributed by atoms with Crippen molar-refractivity contribution in [3.05, 3.63) is 94.3 Å². The molecule has 0 radical (unpaired) electrons. The molecule has 0 aliphatic heterocycles. The average Bonchev–Trinajstić information content (AvgIpc) is 2.78. The Hall–Kier alpha value is -3.75. The number of aliphatic hydroxyl groups is 1. The van der Waals surface area contributed by atoms with E-state index in [1.54, 1.807) is 30.3 Å². The van der Waals surface area contributed by atoms with Crippen LogP contribution in [0.5, 0.6) is 11.5 Å². The van der Waals surface area contributed by atoms with Gasteiger partial charge in [0.25, 0.3) is 0 Å². The zero-order valence-electron chi connectivity index (χ0n) is 17.4. The molecular weight excluding hydrogens is 432 g/mol. The van der Waals surface area contributed by atoms with E-state index in [1.807, 2.05) is 0 Å². The number of nitrogens with one attached hydrogen (secondary N) is 1. The number of aromatic hydroxyl groups is 1. The third-order valence-corrected chi connectivity index (χ3v) is 5.00. The van der Waals surface area contributed by atoms with Crippen molar-refractivity contribution in [2.75, 3.05) is 13.2 Å². The number of fused-ring (bicyclic) bond motifs is 1. The first-order valence-corrected chi connectivity index (χ1v) is 10.2. The Balaban J connectivity index is 1.36. The maximum absolute atomic E-state index is 13.2. The van der Waals surface area contributed by atoms with Gasteiger partial charge < -0.3 is 24.7 Å². The van der Waals surface area contributed by atoms with Crippen molar-refractivity contribution in [2.45, 2.75) is 12.6 Å². The molecule has 0 amide bonds. The standard InChI is InChI=1S/C25H21F2NO5/c26-17-7-15(8-18(27)9-17)11-28-12-20(30)13-32-21-5-6-22-24(10-21)33-14-23(25(22)31)16-1-3-19(29)4-2-16/h1-10,14,20,28-30H,11-13H2. The molecule has 8 heteroatoms. The van der Waals surface area contributed by atoms with E-state index >= 15 is 0 Å². The second-order valence-corrected chi connectivity index (χ2v) is 7.56. The van der Waals surface area contributed by atoms with E-state index in [0.717, 1.165) is 6.07 Å². The van der Waals surface area contributed by atoms with Gasteiger partial charge in [-0.25, -0.2) is 8.78 Å². The van der Waals surface area contributed by atoms with E-state index in [1.165, 1.54) is 30.5 Å². The SMILES string of the molecule is O=c1c(-c2ccc(O)cc2)coc2cc(OCC(O)CNCc3cc(F)cc(F)c3)ccc12. The van der Waals surface area contributed by atoms with Crippen LogP contribution in [0, 0.1) is 11.6 Å². The highest BCUT2D eigenvalue weighted by atomic mass is 19.1. The molecule has 0 spiro atoms. The fourth-order valence-electron chi connectivity index (χ4n) is 3.39. The zero-order chi connectivity index (χ0) is 23.4. The molecule has 6 nitrogen and oxygen atoms in total. The normalized spacial score (nSPS) is 12.1. The van der Waals surface area contributed by atoms with Gasteiger partial charge in [-0.05, 0) is 47.5 Å². The van der Waals surface area contributed by atoms with Crippen molar-refractivity contribution in [3.63, 3.8) is 0 Å². The molecule has 0 fully saturated rings. The van der Waals surface area contributed by atoms with Crippen molar-refractivity contribution < 1.29 is 28.1 Å². The van der Waals surface area contributed by atoms with E-state index in [4.69, 9.17) is 9.15 Å². The lowest BCUT2D eigenvalue weighted by atomic mass is 10.1. The molecule has 1 atom stereocenters. The van der Waals surface area contributed by atoms with Gasteiger partial charge in [-0.2, -0.15) is 0 Å². The van der Waals surface area contributed by atoms with Crippen LogP contribution in [0.2, 0.25) is 0 Å². The summed E-state index contributed by atoms with van der Waals surface area (Å²) >= 11 is 0. The van der Waals surface area contributed by atoms with Crippen LogP contribution in [-0.2, 0) is 6.54 Å². The van der Waals surface area contributed by atoms with Crippen LogP contribution in [0.3, 0.4) is 0 Å². The third-order valence-electron chi connectivity index (χ3n) is 5.00. The Morgan fingerprint density at radius 2 is 1.73 bits per heavy atom. The number of halogens is 2. The molecule has 1 aromatic heterocycles. The van der Waals surface area contributed by atoms with Crippen LogP contribution < -0.4 is 15.5 Å². The van der Waals surface area contributed by atoms with Crippen molar-refractivity contribution >= 4 is 11.0 Å². The molecule has 33 heavy (non-hydrogen) atoms. The van der Waals surface area contributed by atoms with Crippen LogP contribution in [-0.4, -0.2) is 29.5 Å². The molecule has 0 aliphatic carbocycles. The number of hydrogen-bond donors (Lipinski definition) is 3. The molecular formula is C25H21F2NO5. The Bertz CT molecular complexity index is 1300. The Morgan fingerprint density at radius 3 is 2.45 bits per heavy atom. The Kier molecular flexibility index (Phi) is 6.67. The summed E-state index contributed by atoms with van der Waals surface area (Å²) < 4.78 is 37.6. The molecule has 3 aromatic carbocycles. The summed E-state index contributed by atoms with van der Waals surface area (Å²) in [6, 6.07) is 14.2. The van der Waals surface area contributed by atoms with E-state index in [-0.39, 0.29) is 30.9 Å². The van der Waals surface area contributed by atoms with Gasteiger partial charge in [-0.15, -0.1) is 0 Å². The minimum Gasteiger partial charge on any atom is -0.508 e. The third kappa shape index (κ3) is 5.54. The van der Waals surface area contributed by atoms with Gasteiger partial charge >= 0.3 is 0 Å². The quantitative estimate of drug-likeness (QED) is 0.374. The number of aliphatic hydroxyl groups excluding tert-OH is 1. The predicted octanol–water partition coefficient (Wildman–Crippen LogP) is 3.97. The molecule has 4 rings (SSSR count). The summed E-state index contributed by atoms with van der Waals surface area (Å²) in [6.45, 7) is 0.304. The largest absolute Gasteiger partial charge is 0.508 e. The number of benzene rings is 3. The summed E-state index contributed by atoms with van der Waals surface area (Å²) in [6.07, 6.45) is 0.484. The highest BCUT2D eigenvalue weighted by molar-refractivity contribution is 5.82. The number of hydrogen-bond acceptors (Lipinski definition) is 6. The van der Waals surface area contributed by atoms with Crippen molar-refractivity contribution in [1.29, 1.82) is 0 Å². The van der Waals surface area contributed by atoms with Crippen LogP contribution in [0.25, 0.3) is 22.1 Å². The molecule has 0 saturated heterocycles. The van der Waals surface area contributed by atoms with Gasteiger partial charge in [-0.3, -0.25) is 4.79 Å². The Labute approximate surface area is 187 Å². The lowest BCUT2D eigenvalue weighted by Crippen LogP contribution is -2.31. The van der Waals surface area contributed by atoms with Crippen LogP contribution in [0.1, 0.15) is 5.56 Å². The monoisotopic (exact) mass is 453 g/mol. The first kappa shape index (κ1) is 22.4. The molecule has 4 aromatic rings. The van der Waals surface area contributed by atoms with Gasteiger partial charge in [0.05, 0.1) is 10.9 Å². The van der Waals surface area contributed by atoms with Gasteiger partial charge in [0.15, 0.2) is 5.43 Å². The van der Waals surface area contributed by atoms with Crippen LogP contribution in [0.15, 0.2) is 76.1 Å². The van der Waals surface area contributed by atoms with E-state index < -0.39 is 17.7 Å². The maximum Gasteiger partial charge on any atom is 0.200 e. The molecule has 0 saturated carbocycles. The highest BCUT2D eigenvalue weighted by Gasteiger charge is 2.11. The summed E-state index contributed by atoms with van der Waals surface area (Å²) in [5, 5.41) is 22.8. The molecule has 1 heterocycles. The first-order chi connectivity index (χ1) is 15.9. The van der Waals surface area contributed by atoms with Crippen molar-refractivity contribution in [2.24, 2.45) is 0 Å². The van der Waals surface area contributed by atoms with E-state index in [2.05, 4.69) is 5.32 Å². The van der Waals surface area contributed by atoms with Crippen molar-refractivity contribution in [1.82, 2.24) is 5.32 Å². The number of phenols is 1. The number of phenolic OH excluding ortho intramolecular Hbond substituents is 1. The van der Waals surface area contributed by atoms with Gasteiger partial charge in [-0.1, -0.05) is 12.1 Å². The van der Waals surface area contributed by atoms with Gasteiger partial charge in [0.2, 0.25) is 0 Å². The summed E-state index contributed by atoms with van der Waals surface area (Å²) in [7, 11) is 0. The highest BCUT2D eigenvalue weighted by Crippen LogP contribution is 2.24. The average molecular weight is 453 g/mol. The van der Waals surface area contributed by atoms with Crippen LogP contribution >= 0.6 is 0 Å². The van der Waals surface area contributed by atoms with Gasteiger partial charge in [0, 0.05) is 25.2 Å². The first-order valence-electron chi connectivity index (χ1n) is 10.2. The number of ether oxygens (including phenoxy) is 1. The zero-order valence-corrected chi connectivity index (χ0v) is 17.4. The smallest absolute Gasteiger partial charge is 0.200 e. The summed E-state index contributed by atoms with van der Waals surface area (Å²) in [5.74, 6) is -0.803.